The second kappa shape index (κ2) is 4.94. The third kappa shape index (κ3) is 2.80. The van der Waals surface area contributed by atoms with Crippen molar-refractivity contribution in [3.05, 3.63) is 35.4 Å². The van der Waals surface area contributed by atoms with E-state index in [1.165, 1.54) is 0 Å². The van der Waals surface area contributed by atoms with E-state index in [2.05, 4.69) is 0 Å². The molecule has 2 unspecified atom stereocenters. The van der Waals surface area contributed by atoms with Gasteiger partial charge in [0, 0.05) is 6.54 Å². The van der Waals surface area contributed by atoms with E-state index in [1.807, 2.05) is 38.1 Å². The van der Waals surface area contributed by atoms with Gasteiger partial charge in [0.15, 0.2) is 0 Å². The van der Waals surface area contributed by atoms with Crippen LogP contribution in [0, 0.1) is 12.8 Å². The van der Waals surface area contributed by atoms with E-state index in [1.54, 1.807) is 0 Å². The second-order valence-corrected chi connectivity index (χ2v) is 3.88. The average Bonchev–Trinajstić information content (AvgIpc) is 2.18. The van der Waals surface area contributed by atoms with Crippen molar-refractivity contribution < 1.29 is 9.90 Å². The van der Waals surface area contributed by atoms with Crippen LogP contribution in [0.25, 0.3) is 0 Å². The van der Waals surface area contributed by atoms with Crippen LogP contribution in [0.5, 0.6) is 0 Å². The fourth-order valence-electron chi connectivity index (χ4n) is 1.70. The van der Waals surface area contributed by atoms with Crippen molar-refractivity contribution in [3.8, 4) is 0 Å². The third-order valence-corrected chi connectivity index (χ3v) is 2.74. The van der Waals surface area contributed by atoms with Gasteiger partial charge in [-0.2, -0.15) is 0 Å². The van der Waals surface area contributed by atoms with Crippen LogP contribution in [0.4, 0.5) is 0 Å². The number of nitrogens with two attached hydrogens (primary N) is 1. The molecule has 0 heterocycles. The minimum absolute atomic E-state index is 0.0487. The van der Waals surface area contributed by atoms with Gasteiger partial charge in [-0.15, -0.1) is 0 Å². The Labute approximate surface area is 89.9 Å². The average molecular weight is 207 g/mol. The third-order valence-electron chi connectivity index (χ3n) is 2.74. The summed E-state index contributed by atoms with van der Waals surface area (Å²) in [6.45, 7) is 4.07. The van der Waals surface area contributed by atoms with Crippen LogP contribution >= 0.6 is 0 Å². The molecule has 0 aliphatic heterocycles. The standard InChI is InChI=1S/C12H17NO2/c1-8-4-3-5-10(6-8)9(2)11(7-13)12(14)15/h3-6,9,11H,7,13H2,1-2H3,(H,14,15). The Morgan fingerprint density at radius 2 is 2.20 bits per heavy atom. The second-order valence-electron chi connectivity index (χ2n) is 3.88. The first-order valence-electron chi connectivity index (χ1n) is 5.05. The lowest BCUT2D eigenvalue weighted by molar-refractivity contribution is -0.142. The molecule has 0 aliphatic rings. The fourth-order valence-corrected chi connectivity index (χ4v) is 1.70. The van der Waals surface area contributed by atoms with Crippen molar-refractivity contribution in [3.63, 3.8) is 0 Å². The molecule has 1 aromatic rings. The van der Waals surface area contributed by atoms with Crippen LogP contribution in [-0.2, 0) is 4.79 Å². The summed E-state index contributed by atoms with van der Waals surface area (Å²) in [5.41, 5.74) is 7.64. The number of hydrogen-bond donors (Lipinski definition) is 2. The lowest BCUT2D eigenvalue weighted by Crippen LogP contribution is -2.28. The molecule has 0 saturated carbocycles. The number of rotatable bonds is 4. The van der Waals surface area contributed by atoms with E-state index in [0.29, 0.717) is 0 Å². The minimum Gasteiger partial charge on any atom is -0.481 e. The minimum atomic E-state index is -0.827. The fraction of sp³-hybridized carbons (Fsp3) is 0.417. The van der Waals surface area contributed by atoms with Gasteiger partial charge in [-0.1, -0.05) is 36.8 Å². The Morgan fingerprint density at radius 3 is 2.67 bits per heavy atom. The maximum Gasteiger partial charge on any atom is 0.308 e. The largest absolute Gasteiger partial charge is 0.481 e. The molecule has 0 amide bonds. The zero-order valence-electron chi connectivity index (χ0n) is 9.10. The molecule has 0 spiro atoms. The molecule has 2 atom stereocenters. The molecule has 1 rings (SSSR count). The summed E-state index contributed by atoms with van der Waals surface area (Å²) in [5, 5.41) is 8.99. The summed E-state index contributed by atoms with van der Waals surface area (Å²) in [4.78, 5) is 11.0. The number of carboxylic acids is 1. The molecule has 3 heteroatoms. The van der Waals surface area contributed by atoms with Crippen LogP contribution in [0.15, 0.2) is 24.3 Å². The predicted octanol–water partition coefficient (Wildman–Crippen LogP) is 1.76. The highest BCUT2D eigenvalue weighted by molar-refractivity contribution is 5.71. The van der Waals surface area contributed by atoms with Crippen molar-refractivity contribution in [2.75, 3.05) is 6.54 Å². The Hall–Kier alpha value is -1.35. The first-order valence-corrected chi connectivity index (χ1v) is 5.05. The maximum absolute atomic E-state index is 11.0. The number of carbonyl (C=O) groups is 1. The highest BCUT2D eigenvalue weighted by Crippen LogP contribution is 2.24. The summed E-state index contributed by atoms with van der Waals surface area (Å²) < 4.78 is 0. The van der Waals surface area contributed by atoms with Gasteiger partial charge in [-0.3, -0.25) is 4.79 Å². The van der Waals surface area contributed by atoms with Gasteiger partial charge in [-0.25, -0.2) is 0 Å². The Balaban J connectivity index is 2.92. The summed E-state index contributed by atoms with van der Waals surface area (Å²) >= 11 is 0. The number of aryl methyl sites for hydroxylation is 1. The van der Waals surface area contributed by atoms with E-state index >= 15 is 0 Å². The van der Waals surface area contributed by atoms with Crippen LogP contribution in [0.1, 0.15) is 24.0 Å². The summed E-state index contributed by atoms with van der Waals surface area (Å²) in [7, 11) is 0. The number of benzene rings is 1. The maximum atomic E-state index is 11.0. The molecule has 3 N–H and O–H groups in total. The summed E-state index contributed by atoms with van der Waals surface area (Å²) in [5.74, 6) is -1.38. The molecule has 0 bridgehead atoms. The summed E-state index contributed by atoms with van der Waals surface area (Å²) in [6, 6.07) is 7.89. The van der Waals surface area contributed by atoms with Crippen LogP contribution < -0.4 is 5.73 Å². The lowest BCUT2D eigenvalue weighted by Gasteiger charge is -2.19. The quantitative estimate of drug-likeness (QED) is 0.790. The van der Waals surface area contributed by atoms with Gasteiger partial charge < -0.3 is 10.8 Å². The van der Waals surface area contributed by atoms with E-state index < -0.39 is 11.9 Å². The zero-order valence-corrected chi connectivity index (χ0v) is 9.10. The molecular weight excluding hydrogens is 190 g/mol. The molecule has 0 aliphatic carbocycles. The lowest BCUT2D eigenvalue weighted by atomic mass is 9.87. The molecule has 1 aromatic carbocycles. The van der Waals surface area contributed by atoms with Crippen LogP contribution in [-0.4, -0.2) is 17.6 Å². The van der Waals surface area contributed by atoms with E-state index in [9.17, 15) is 4.79 Å². The van der Waals surface area contributed by atoms with Gasteiger partial charge in [-0.05, 0) is 18.4 Å². The Morgan fingerprint density at radius 1 is 1.53 bits per heavy atom. The van der Waals surface area contributed by atoms with E-state index in [-0.39, 0.29) is 12.5 Å². The molecule has 0 radical (unpaired) electrons. The number of carboxylic acid groups (broad SMARTS) is 1. The predicted molar refractivity (Wildman–Crippen MR) is 59.8 cm³/mol. The van der Waals surface area contributed by atoms with Gasteiger partial charge in [0.2, 0.25) is 0 Å². The van der Waals surface area contributed by atoms with Crippen LogP contribution in [0.2, 0.25) is 0 Å². The molecule has 0 aromatic heterocycles. The highest BCUT2D eigenvalue weighted by atomic mass is 16.4. The molecule has 82 valence electrons. The normalized spacial score (nSPS) is 14.6. The van der Waals surface area contributed by atoms with Crippen molar-refractivity contribution in [2.24, 2.45) is 11.7 Å². The van der Waals surface area contributed by atoms with Crippen molar-refractivity contribution in [1.29, 1.82) is 0 Å². The molecular formula is C12H17NO2. The van der Waals surface area contributed by atoms with E-state index in [4.69, 9.17) is 10.8 Å². The molecule has 15 heavy (non-hydrogen) atoms. The number of hydrogen-bond acceptors (Lipinski definition) is 2. The smallest absolute Gasteiger partial charge is 0.308 e. The van der Waals surface area contributed by atoms with Gasteiger partial charge in [0.05, 0.1) is 5.92 Å². The highest BCUT2D eigenvalue weighted by Gasteiger charge is 2.24. The molecule has 0 fully saturated rings. The molecule has 0 saturated heterocycles. The van der Waals surface area contributed by atoms with Crippen molar-refractivity contribution >= 4 is 5.97 Å². The zero-order chi connectivity index (χ0) is 11.4. The summed E-state index contributed by atoms with van der Waals surface area (Å²) in [6.07, 6.45) is 0. The van der Waals surface area contributed by atoms with Crippen molar-refractivity contribution in [2.45, 2.75) is 19.8 Å². The molecule has 3 nitrogen and oxygen atoms in total. The van der Waals surface area contributed by atoms with Crippen molar-refractivity contribution in [1.82, 2.24) is 0 Å². The Bertz CT molecular complexity index is 349. The van der Waals surface area contributed by atoms with Gasteiger partial charge in [0.25, 0.3) is 0 Å². The first-order chi connectivity index (χ1) is 7.06. The van der Waals surface area contributed by atoms with Gasteiger partial charge >= 0.3 is 5.97 Å². The Kier molecular flexibility index (Phi) is 3.86. The first kappa shape index (κ1) is 11.7. The van der Waals surface area contributed by atoms with Crippen LogP contribution in [0.3, 0.4) is 0 Å². The van der Waals surface area contributed by atoms with Gasteiger partial charge in [0.1, 0.15) is 0 Å². The van der Waals surface area contributed by atoms with E-state index in [0.717, 1.165) is 11.1 Å². The topological polar surface area (TPSA) is 63.3 Å². The SMILES string of the molecule is Cc1cccc(C(C)C(CN)C(=O)O)c1. The number of aliphatic carboxylic acids is 1. The monoisotopic (exact) mass is 207 g/mol.